The summed E-state index contributed by atoms with van der Waals surface area (Å²) >= 11 is 0. The largest absolute Gasteiger partial charge is 0.309 e. The number of hydrogen-bond donors (Lipinski definition) is 0. The van der Waals surface area contributed by atoms with Crippen molar-refractivity contribution in [3.05, 3.63) is 206 Å². The summed E-state index contributed by atoms with van der Waals surface area (Å²) in [5.74, 6) is 1.89. The van der Waals surface area contributed by atoms with Gasteiger partial charge in [0.25, 0.3) is 0 Å². The molecule has 258 valence electrons. The minimum atomic E-state index is 0.626. The summed E-state index contributed by atoms with van der Waals surface area (Å²) < 4.78 is 2.33. The number of para-hydroxylation sites is 3. The first kappa shape index (κ1) is 32.2. The number of benzene rings is 8. The molecule has 0 fully saturated rings. The van der Waals surface area contributed by atoms with E-state index in [9.17, 15) is 0 Å². The van der Waals surface area contributed by atoms with Crippen LogP contribution in [0.1, 0.15) is 0 Å². The van der Waals surface area contributed by atoms with Gasteiger partial charge in [-0.2, -0.15) is 0 Å². The van der Waals surface area contributed by atoms with Crippen LogP contribution in [-0.4, -0.2) is 19.5 Å². The Balaban J connectivity index is 1.07. The minimum absolute atomic E-state index is 0.626. The molecular weight excluding hydrogens is 669 g/mol. The Kier molecular flexibility index (Phi) is 8.12. The third-order valence-corrected chi connectivity index (χ3v) is 10.3. The molecule has 0 bridgehead atoms. The fourth-order valence-electron chi connectivity index (χ4n) is 7.59. The second-order valence-electron chi connectivity index (χ2n) is 13.7. The second-order valence-corrected chi connectivity index (χ2v) is 13.7. The Morgan fingerprint density at radius 3 is 1.35 bits per heavy atom. The summed E-state index contributed by atoms with van der Waals surface area (Å²) in [5, 5.41) is 2.34. The van der Waals surface area contributed by atoms with Crippen LogP contribution in [0.3, 0.4) is 0 Å². The molecule has 0 N–H and O–H groups in total. The third-order valence-electron chi connectivity index (χ3n) is 10.3. The van der Waals surface area contributed by atoms with E-state index in [1.165, 1.54) is 27.6 Å². The maximum atomic E-state index is 5.21. The first-order valence-corrected chi connectivity index (χ1v) is 18.5. The first-order valence-electron chi connectivity index (χ1n) is 18.5. The molecule has 0 aliphatic rings. The monoisotopic (exact) mass is 702 g/mol. The number of hydrogen-bond acceptors (Lipinski definition) is 3. The van der Waals surface area contributed by atoms with Crippen LogP contribution in [-0.2, 0) is 0 Å². The summed E-state index contributed by atoms with van der Waals surface area (Å²) in [4.78, 5) is 15.4. The maximum Gasteiger partial charge on any atom is 0.166 e. The van der Waals surface area contributed by atoms with Crippen LogP contribution in [0, 0.1) is 0 Å². The quantitative estimate of drug-likeness (QED) is 0.166. The van der Waals surface area contributed by atoms with Gasteiger partial charge in [-0.05, 0) is 69.8 Å². The molecule has 2 heterocycles. The molecule has 8 aromatic carbocycles. The van der Waals surface area contributed by atoms with Crippen LogP contribution >= 0.6 is 0 Å². The standard InChI is InChI=1S/C51H34N4/c1-4-15-35(16-5-1)39-19-12-21-41(33-39)42-22-13-20-40(34-42)36-29-31-38(32-30-36)50-52-49(37-17-6-2-7-18-37)53-51(54-50)46-27-14-26-45-44-25-10-11-28-47(44)55(48(45)46)43-23-8-3-9-24-43/h1-34H. The molecule has 0 radical (unpaired) electrons. The van der Waals surface area contributed by atoms with Gasteiger partial charge in [0, 0.05) is 33.2 Å². The van der Waals surface area contributed by atoms with Gasteiger partial charge in [-0.15, -0.1) is 0 Å². The Labute approximate surface area is 319 Å². The van der Waals surface area contributed by atoms with Crippen molar-refractivity contribution in [2.24, 2.45) is 0 Å². The van der Waals surface area contributed by atoms with E-state index in [0.717, 1.165) is 49.9 Å². The van der Waals surface area contributed by atoms with Gasteiger partial charge >= 0.3 is 0 Å². The van der Waals surface area contributed by atoms with Crippen molar-refractivity contribution >= 4 is 21.8 Å². The summed E-state index contributed by atoms with van der Waals surface area (Å²) in [7, 11) is 0. The van der Waals surface area contributed by atoms with Crippen molar-refractivity contribution in [3.63, 3.8) is 0 Å². The zero-order valence-electron chi connectivity index (χ0n) is 29.9. The van der Waals surface area contributed by atoms with Crippen molar-refractivity contribution in [1.29, 1.82) is 0 Å². The highest BCUT2D eigenvalue weighted by Crippen LogP contribution is 2.38. The second kappa shape index (κ2) is 13.8. The van der Waals surface area contributed by atoms with Crippen LogP contribution in [0.5, 0.6) is 0 Å². The molecule has 4 nitrogen and oxygen atoms in total. The van der Waals surface area contributed by atoms with E-state index in [4.69, 9.17) is 15.0 Å². The van der Waals surface area contributed by atoms with Crippen molar-refractivity contribution in [1.82, 2.24) is 19.5 Å². The number of fused-ring (bicyclic) bond motifs is 3. The van der Waals surface area contributed by atoms with Crippen LogP contribution in [0.4, 0.5) is 0 Å². The average molecular weight is 703 g/mol. The van der Waals surface area contributed by atoms with Crippen LogP contribution < -0.4 is 0 Å². The Bertz CT molecular complexity index is 2950. The molecule has 4 heteroatoms. The average Bonchev–Trinajstić information content (AvgIpc) is 3.62. The van der Waals surface area contributed by atoms with Crippen LogP contribution in [0.2, 0.25) is 0 Å². The molecule has 0 saturated carbocycles. The summed E-state index contributed by atoms with van der Waals surface area (Å²) in [5.41, 5.74) is 13.2. The van der Waals surface area contributed by atoms with E-state index in [0.29, 0.717) is 17.5 Å². The molecule has 0 aliphatic carbocycles. The topological polar surface area (TPSA) is 43.6 Å². The van der Waals surface area contributed by atoms with Gasteiger partial charge in [-0.3, -0.25) is 0 Å². The molecule has 0 spiro atoms. The van der Waals surface area contributed by atoms with Crippen molar-refractivity contribution < 1.29 is 0 Å². The van der Waals surface area contributed by atoms with Gasteiger partial charge < -0.3 is 4.57 Å². The Morgan fingerprint density at radius 1 is 0.291 bits per heavy atom. The molecule has 0 aliphatic heterocycles. The zero-order chi connectivity index (χ0) is 36.6. The van der Waals surface area contributed by atoms with Gasteiger partial charge in [0.05, 0.1) is 11.0 Å². The third kappa shape index (κ3) is 6.06. The first-order chi connectivity index (χ1) is 27.3. The highest BCUT2D eigenvalue weighted by atomic mass is 15.0. The molecule has 10 rings (SSSR count). The lowest BCUT2D eigenvalue weighted by Crippen LogP contribution is -2.02. The van der Waals surface area contributed by atoms with E-state index >= 15 is 0 Å². The summed E-state index contributed by atoms with van der Waals surface area (Å²) in [6.45, 7) is 0. The normalized spacial score (nSPS) is 11.3. The van der Waals surface area contributed by atoms with Crippen molar-refractivity contribution in [2.45, 2.75) is 0 Å². The molecule has 0 unspecified atom stereocenters. The molecule has 10 aromatic rings. The van der Waals surface area contributed by atoms with Gasteiger partial charge in [0.15, 0.2) is 17.5 Å². The van der Waals surface area contributed by atoms with E-state index in [1.54, 1.807) is 0 Å². The number of nitrogens with zero attached hydrogens (tertiary/aromatic N) is 4. The molecule has 0 saturated heterocycles. The van der Waals surface area contributed by atoms with E-state index < -0.39 is 0 Å². The fraction of sp³-hybridized carbons (Fsp3) is 0. The minimum Gasteiger partial charge on any atom is -0.309 e. The summed E-state index contributed by atoms with van der Waals surface area (Å²) in [6, 6.07) is 72.2. The van der Waals surface area contributed by atoms with Crippen LogP contribution in [0.25, 0.3) is 95.0 Å². The zero-order valence-corrected chi connectivity index (χ0v) is 29.9. The summed E-state index contributed by atoms with van der Waals surface area (Å²) in [6.07, 6.45) is 0. The number of rotatable bonds is 7. The molecule has 0 amide bonds. The highest BCUT2D eigenvalue weighted by Gasteiger charge is 2.20. The molecule has 55 heavy (non-hydrogen) atoms. The van der Waals surface area contributed by atoms with E-state index in [2.05, 4.69) is 193 Å². The molecular formula is C51H34N4. The lowest BCUT2D eigenvalue weighted by molar-refractivity contribution is 1.07. The van der Waals surface area contributed by atoms with Crippen molar-refractivity contribution in [3.8, 4) is 73.2 Å². The molecule has 0 atom stereocenters. The van der Waals surface area contributed by atoms with Crippen LogP contribution in [0.15, 0.2) is 206 Å². The number of aromatic nitrogens is 4. The van der Waals surface area contributed by atoms with E-state index in [1.807, 2.05) is 18.2 Å². The predicted octanol–water partition coefficient (Wildman–Crippen LogP) is 13.0. The predicted molar refractivity (Wildman–Crippen MR) is 227 cm³/mol. The van der Waals surface area contributed by atoms with Gasteiger partial charge in [0.2, 0.25) is 0 Å². The Hall–Kier alpha value is -7.43. The van der Waals surface area contributed by atoms with E-state index in [-0.39, 0.29) is 0 Å². The Morgan fingerprint density at radius 2 is 0.709 bits per heavy atom. The smallest absolute Gasteiger partial charge is 0.166 e. The van der Waals surface area contributed by atoms with Crippen molar-refractivity contribution in [2.75, 3.05) is 0 Å². The highest BCUT2D eigenvalue weighted by molar-refractivity contribution is 6.13. The van der Waals surface area contributed by atoms with Gasteiger partial charge in [-0.1, -0.05) is 170 Å². The molecule has 2 aromatic heterocycles. The van der Waals surface area contributed by atoms with Gasteiger partial charge in [-0.25, -0.2) is 15.0 Å². The van der Waals surface area contributed by atoms with Gasteiger partial charge in [0.1, 0.15) is 0 Å². The lowest BCUT2D eigenvalue weighted by atomic mass is 9.96. The maximum absolute atomic E-state index is 5.21. The lowest BCUT2D eigenvalue weighted by Gasteiger charge is -2.13. The SMILES string of the molecule is c1ccc(-c2cccc(-c3cccc(-c4ccc(-c5nc(-c6ccccc6)nc(-c6cccc7c8ccccc8n(-c8ccccc8)c67)n5)cc4)c3)c2)cc1. The fourth-order valence-corrected chi connectivity index (χ4v) is 7.59.